The molecule has 5 heteroatoms. The highest BCUT2D eigenvalue weighted by atomic mass is 16.5. The van der Waals surface area contributed by atoms with E-state index in [2.05, 4.69) is 0 Å². The molecule has 1 N–H and O–H groups in total. The number of aliphatic carboxylic acids is 1. The van der Waals surface area contributed by atoms with Crippen molar-refractivity contribution in [2.75, 3.05) is 13.7 Å². The van der Waals surface area contributed by atoms with Crippen molar-refractivity contribution in [3.63, 3.8) is 0 Å². The summed E-state index contributed by atoms with van der Waals surface area (Å²) in [6.45, 7) is 3.32. The second-order valence-electron chi connectivity index (χ2n) is 4.54. The number of rotatable bonds is 6. The van der Waals surface area contributed by atoms with E-state index in [0.29, 0.717) is 5.75 Å². The number of carbonyl (C=O) groups is 2. The highest BCUT2D eigenvalue weighted by Crippen LogP contribution is 2.14. The van der Waals surface area contributed by atoms with Gasteiger partial charge in [-0.1, -0.05) is 12.1 Å². The molecule has 0 bridgehead atoms. The minimum Gasteiger partial charge on any atom is -0.497 e. The van der Waals surface area contributed by atoms with Crippen molar-refractivity contribution in [3.05, 3.63) is 29.8 Å². The van der Waals surface area contributed by atoms with Gasteiger partial charge < -0.3 is 14.7 Å². The summed E-state index contributed by atoms with van der Waals surface area (Å²) >= 11 is 0. The van der Waals surface area contributed by atoms with Crippen LogP contribution in [0.1, 0.15) is 19.4 Å². The second kappa shape index (κ2) is 6.78. The Morgan fingerprint density at radius 3 is 2.58 bits per heavy atom. The molecule has 0 saturated carbocycles. The summed E-state index contributed by atoms with van der Waals surface area (Å²) in [6, 6.07) is 7.05. The van der Waals surface area contributed by atoms with Crippen LogP contribution in [0.25, 0.3) is 0 Å². The third-order valence-electron chi connectivity index (χ3n) is 2.74. The summed E-state index contributed by atoms with van der Waals surface area (Å²) in [6.07, 6.45) is 0.169. The Hall–Kier alpha value is -2.04. The lowest BCUT2D eigenvalue weighted by atomic mass is 10.1. The summed E-state index contributed by atoms with van der Waals surface area (Å²) in [5.74, 6) is -0.530. The van der Waals surface area contributed by atoms with Crippen molar-refractivity contribution in [1.29, 1.82) is 0 Å². The van der Waals surface area contributed by atoms with E-state index in [0.717, 1.165) is 5.56 Å². The quantitative estimate of drug-likeness (QED) is 0.847. The maximum atomic E-state index is 12.1. The van der Waals surface area contributed by atoms with Gasteiger partial charge in [-0.05, 0) is 31.5 Å². The summed E-state index contributed by atoms with van der Waals surface area (Å²) in [7, 11) is 1.56. The van der Waals surface area contributed by atoms with Crippen molar-refractivity contribution in [2.45, 2.75) is 26.3 Å². The SMILES string of the molecule is COc1cccc(CC(=O)N(CC(=O)O)C(C)C)c1. The van der Waals surface area contributed by atoms with Crippen LogP contribution in [0.5, 0.6) is 5.75 Å². The Morgan fingerprint density at radius 1 is 1.37 bits per heavy atom. The zero-order valence-electron chi connectivity index (χ0n) is 11.4. The van der Waals surface area contributed by atoms with Crippen LogP contribution in [0, 0.1) is 0 Å². The monoisotopic (exact) mass is 265 g/mol. The number of ether oxygens (including phenoxy) is 1. The van der Waals surface area contributed by atoms with Crippen molar-refractivity contribution in [2.24, 2.45) is 0 Å². The van der Waals surface area contributed by atoms with E-state index < -0.39 is 5.97 Å². The number of carboxylic acid groups (broad SMARTS) is 1. The zero-order chi connectivity index (χ0) is 14.4. The Morgan fingerprint density at radius 2 is 2.05 bits per heavy atom. The van der Waals surface area contributed by atoms with Gasteiger partial charge in [0.05, 0.1) is 13.5 Å². The number of amides is 1. The number of benzene rings is 1. The molecular formula is C14H19NO4. The lowest BCUT2D eigenvalue weighted by Gasteiger charge is -2.25. The van der Waals surface area contributed by atoms with Crippen LogP contribution in [-0.2, 0) is 16.0 Å². The zero-order valence-corrected chi connectivity index (χ0v) is 11.4. The minimum atomic E-state index is -1.01. The first-order chi connectivity index (χ1) is 8.93. The lowest BCUT2D eigenvalue weighted by Crippen LogP contribution is -2.41. The van der Waals surface area contributed by atoms with Gasteiger partial charge in [-0.2, -0.15) is 0 Å². The van der Waals surface area contributed by atoms with Crippen LogP contribution in [0.4, 0.5) is 0 Å². The van der Waals surface area contributed by atoms with Gasteiger partial charge in [0.15, 0.2) is 0 Å². The van der Waals surface area contributed by atoms with E-state index in [4.69, 9.17) is 9.84 Å². The van der Waals surface area contributed by atoms with Gasteiger partial charge in [0.1, 0.15) is 12.3 Å². The van der Waals surface area contributed by atoms with E-state index in [1.807, 2.05) is 6.07 Å². The molecule has 1 rings (SSSR count). The first-order valence-electron chi connectivity index (χ1n) is 6.08. The molecule has 104 valence electrons. The van der Waals surface area contributed by atoms with Crippen LogP contribution in [-0.4, -0.2) is 41.6 Å². The fraction of sp³-hybridized carbons (Fsp3) is 0.429. The molecule has 0 aliphatic rings. The maximum absolute atomic E-state index is 12.1. The first-order valence-corrected chi connectivity index (χ1v) is 6.08. The number of nitrogens with zero attached hydrogens (tertiary/aromatic N) is 1. The molecule has 0 heterocycles. The van der Waals surface area contributed by atoms with E-state index in [1.54, 1.807) is 39.2 Å². The molecule has 0 aliphatic heterocycles. The number of hydrogen-bond acceptors (Lipinski definition) is 3. The third kappa shape index (κ3) is 4.62. The fourth-order valence-corrected chi connectivity index (χ4v) is 1.76. The molecule has 0 fully saturated rings. The molecule has 0 radical (unpaired) electrons. The van der Waals surface area contributed by atoms with Gasteiger partial charge >= 0.3 is 5.97 Å². The van der Waals surface area contributed by atoms with Gasteiger partial charge in [0, 0.05) is 6.04 Å². The van der Waals surface area contributed by atoms with Gasteiger partial charge in [-0.15, -0.1) is 0 Å². The largest absolute Gasteiger partial charge is 0.497 e. The van der Waals surface area contributed by atoms with Gasteiger partial charge in [0.25, 0.3) is 0 Å². The summed E-state index contributed by atoms with van der Waals surface area (Å²) in [5, 5.41) is 8.82. The van der Waals surface area contributed by atoms with Crippen LogP contribution in [0.15, 0.2) is 24.3 Å². The molecule has 0 unspecified atom stereocenters. The molecule has 0 atom stereocenters. The van der Waals surface area contributed by atoms with E-state index in [1.165, 1.54) is 4.90 Å². The van der Waals surface area contributed by atoms with Crippen LogP contribution in [0.3, 0.4) is 0 Å². The average Bonchev–Trinajstić information content (AvgIpc) is 2.35. The van der Waals surface area contributed by atoms with Crippen LogP contribution in [0.2, 0.25) is 0 Å². The smallest absolute Gasteiger partial charge is 0.323 e. The summed E-state index contributed by atoms with van der Waals surface area (Å²) in [4.78, 5) is 24.2. The summed E-state index contributed by atoms with van der Waals surface area (Å²) < 4.78 is 5.09. The molecule has 19 heavy (non-hydrogen) atoms. The highest BCUT2D eigenvalue weighted by molar-refractivity contribution is 5.83. The minimum absolute atomic E-state index is 0.144. The van der Waals surface area contributed by atoms with Crippen molar-refractivity contribution >= 4 is 11.9 Å². The molecule has 1 amide bonds. The molecule has 0 aromatic heterocycles. The standard InChI is InChI=1S/C14H19NO4/c1-10(2)15(9-14(17)18)13(16)8-11-5-4-6-12(7-11)19-3/h4-7,10H,8-9H2,1-3H3,(H,17,18). The molecule has 1 aromatic rings. The average molecular weight is 265 g/mol. The molecule has 5 nitrogen and oxygen atoms in total. The van der Waals surface area contributed by atoms with Gasteiger partial charge in [0.2, 0.25) is 5.91 Å². The highest BCUT2D eigenvalue weighted by Gasteiger charge is 2.19. The van der Waals surface area contributed by atoms with Crippen molar-refractivity contribution in [1.82, 2.24) is 4.90 Å². The van der Waals surface area contributed by atoms with E-state index in [9.17, 15) is 9.59 Å². The molecule has 0 spiro atoms. The topological polar surface area (TPSA) is 66.8 Å². The third-order valence-corrected chi connectivity index (χ3v) is 2.74. The van der Waals surface area contributed by atoms with Crippen LogP contribution < -0.4 is 4.74 Å². The van der Waals surface area contributed by atoms with Gasteiger partial charge in [-0.25, -0.2) is 0 Å². The Kier molecular flexibility index (Phi) is 5.36. The molecule has 1 aromatic carbocycles. The second-order valence-corrected chi connectivity index (χ2v) is 4.54. The van der Waals surface area contributed by atoms with E-state index in [-0.39, 0.29) is 24.9 Å². The molecule has 0 saturated heterocycles. The Bertz CT molecular complexity index is 457. The Balaban J connectivity index is 2.77. The Labute approximate surface area is 112 Å². The van der Waals surface area contributed by atoms with E-state index >= 15 is 0 Å². The number of hydrogen-bond donors (Lipinski definition) is 1. The fourth-order valence-electron chi connectivity index (χ4n) is 1.76. The van der Waals surface area contributed by atoms with Crippen molar-refractivity contribution < 1.29 is 19.4 Å². The predicted molar refractivity (Wildman–Crippen MR) is 71.2 cm³/mol. The van der Waals surface area contributed by atoms with Crippen molar-refractivity contribution in [3.8, 4) is 5.75 Å². The number of methoxy groups -OCH3 is 1. The normalized spacial score (nSPS) is 10.3. The van der Waals surface area contributed by atoms with Gasteiger partial charge in [-0.3, -0.25) is 9.59 Å². The molecular weight excluding hydrogens is 246 g/mol. The number of carboxylic acids is 1. The maximum Gasteiger partial charge on any atom is 0.323 e. The van der Waals surface area contributed by atoms with Crippen LogP contribution >= 0.6 is 0 Å². The predicted octanol–water partition coefficient (Wildman–Crippen LogP) is 1.56. The molecule has 0 aliphatic carbocycles. The first kappa shape index (κ1) is 15.0. The lowest BCUT2D eigenvalue weighted by molar-refractivity contribution is -0.145. The summed E-state index contributed by atoms with van der Waals surface area (Å²) in [5.41, 5.74) is 0.806. The number of carbonyl (C=O) groups excluding carboxylic acids is 1.